The third-order valence-electron chi connectivity index (χ3n) is 3.26. The van der Waals surface area contributed by atoms with Gasteiger partial charge in [0.2, 0.25) is 0 Å². The van der Waals surface area contributed by atoms with Crippen molar-refractivity contribution in [1.82, 2.24) is 9.47 Å². The monoisotopic (exact) mass is 274 g/mol. The summed E-state index contributed by atoms with van der Waals surface area (Å²) in [6.45, 7) is 2.93. The third-order valence-corrected chi connectivity index (χ3v) is 3.26. The first-order chi connectivity index (χ1) is 8.86. The molecule has 1 aromatic heterocycles. The number of aryl methyl sites for hydroxylation is 1. The van der Waals surface area contributed by atoms with Crippen LogP contribution in [0.1, 0.15) is 21.7 Å². The number of nitrogens with zero attached hydrogens (tertiary/aromatic N) is 2. The summed E-state index contributed by atoms with van der Waals surface area (Å²) in [6, 6.07) is 1.76. The molecule has 0 saturated heterocycles. The lowest BCUT2D eigenvalue weighted by atomic mass is 10.1. The van der Waals surface area contributed by atoms with Crippen molar-refractivity contribution in [3.63, 3.8) is 0 Å². The molecule has 1 rings (SSSR count). The highest BCUT2D eigenvalue weighted by Gasteiger charge is 2.19. The minimum Gasteiger partial charge on any atom is -0.395 e. The Labute approximate surface area is 111 Å². The van der Waals surface area contributed by atoms with E-state index in [9.17, 15) is 13.6 Å². The van der Waals surface area contributed by atoms with Crippen LogP contribution >= 0.6 is 0 Å². The van der Waals surface area contributed by atoms with E-state index < -0.39 is 13.0 Å². The van der Waals surface area contributed by atoms with E-state index in [1.807, 2.05) is 25.5 Å². The van der Waals surface area contributed by atoms with Gasteiger partial charge in [-0.15, -0.1) is 0 Å². The maximum Gasteiger partial charge on any atom is 0.251 e. The normalized spacial score (nSPS) is 11.6. The van der Waals surface area contributed by atoms with Crippen molar-refractivity contribution < 1.29 is 18.7 Å². The van der Waals surface area contributed by atoms with Gasteiger partial charge in [-0.3, -0.25) is 9.69 Å². The van der Waals surface area contributed by atoms with Gasteiger partial charge in [-0.25, -0.2) is 8.78 Å². The second-order valence-corrected chi connectivity index (χ2v) is 4.62. The molecule has 1 N–H and O–H groups in total. The highest BCUT2D eigenvalue weighted by atomic mass is 19.3. The number of ketones is 1. The molecule has 0 fully saturated rings. The molecule has 4 nitrogen and oxygen atoms in total. The lowest BCUT2D eigenvalue weighted by Crippen LogP contribution is -2.36. The molecule has 0 radical (unpaired) electrons. The van der Waals surface area contributed by atoms with Crippen molar-refractivity contribution in [2.24, 2.45) is 7.05 Å². The van der Waals surface area contributed by atoms with Gasteiger partial charge < -0.3 is 9.67 Å². The Hall–Kier alpha value is -1.27. The summed E-state index contributed by atoms with van der Waals surface area (Å²) in [5.41, 5.74) is 2.32. The highest BCUT2D eigenvalue weighted by molar-refractivity contribution is 5.99. The average molecular weight is 274 g/mol. The Morgan fingerprint density at radius 1 is 1.47 bits per heavy atom. The topological polar surface area (TPSA) is 45.5 Å². The van der Waals surface area contributed by atoms with E-state index >= 15 is 0 Å². The first-order valence-electron chi connectivity index (χ1n) is 6.14. The number of aliphatic hydroxyl groups excluding tert-OH is 1. The van der Waals surface area contributed by atoms with Crippen LogP contribution in [0.2, 0.25) is 0 Å². The number of hydrogen-bond donors (Lipinski definition) is 1. The predicted octanol–water partition coefficient (Wildman–Crippen LogP) is 1.38. The van der Waals surface area contributed by atoms with Gasteiger partial charge in [0.25, 0.3) is 6.43 Å². The van der Waals surface area contributed by atoms with Crippen molar-refractivity contribution in [2.75, 3.05) is 26.2 Å². The number of carbonyl (C=O) groups excluding carboxylic acids is 1. The minimum atomic E-state index is -2.52. The summed E-state index contributed by atoms with van der Waals surface area (Å²) in [5.74, 6) is -0.199. The van der Waals surface area contributed by atoms with Crippen LogP contribution < -0.4 is 0 Å². The van der Waals surface area contributed by atoms with Crippen LogP contribution in [0.3, 0.4) is 0 Å². The van der Waals surface area contributed by atoms with Crippen molar-refractivity contribution in [3.05, 3.63) is 23.0 Å². The first-order valence-corrected chi connectivity index (χ1v) is 6.14. The number of halogens is 2. The summed E-state index contributed by atoms with van der Waals surface area (Å²) >= 11 is 0. The molecule has 19 heavy (non-hydrogen) atoms. The van der Waals surface area contributed by atoms with E-state index in [0.29, 0.717) is 5.56 Å². The molecule has 6 heteroatoms. The maximum absolute atomic E-state index is 12.4. The summed E-state index contributed by atoms with van der Waals surface area (Å²) in [6.07, 6.45) is -2.52. The summed E-state index contributed by atoms with van der Waals surface area (Å²) < 4.78 is 26.6. The number of alkyl halides is 2. The fourth-order valence-corrected chi connectivity index (χ4v) is 2.00. The predicted molar refractivity (Wildman–Crippen MR) is 68.7 cm³/mol. The van der Waals surface area contributed by atoms with E-state index in [2.05, 4.69) is 0 Å². The molecular weight excluding hydrogens is 254 g/mol. The molecule has 0 bridgehead atoms. The molecule has 0 spiro atoms. The third kappa shape index (κ3) is 4.11. The van der Waals surface area contributed by atoms with Gasteiger partial charge in [0.15, 0.2) is 5.78 Å². The number of rotatable bonds is 7. The lowest BCUT2D eigenvalue weighted by Gasteiger charge is -2.19. The zero-order valence-electron chi connectivity index (χ0n) is 11.5. The highest BCUT2D eigenvalue weighted by Crippen LogP contribution is 2.14. The Morgan fingerprint density at radius 2 is 2.11 bits per heavy atom. The summed E-state index contributed by atoms with van der Waals surface area (Å²) in [7, 11) is 1.85. The van der Waals surface area contributed by atoms with Crippen LogP contribution in [-0.2, 0) is 7.05 Å². The van der Waals surface area contributed by atoms with Gasteiger partial charge in [0.1, 0.15) is 0 Å². The van der Waals surface area contributed by atoms with Crippen molar-refractivity contribution in [2.45, 2.75) is 20.3 Å². The summed E-state index contributed by atoms with van der Waals surface area (Å²) in [4.78, 5) is 13.4. The second kappa shape index (κ2) is 6.77. The Kier molecular flexibility index (Phi) is 5.62. The number of carbonyl (C=O) groups is 1. The van der Waals surface area contributed by atoms with Crippen LogP contribution in [0, 0.1) is 13.8 Å². The maximum atomic E-state index is 12.4. The fraction of sp³-hybridized carbons (Fsp3) is 0.615. The minimum absolute atomic E-state index is 0.0704. The zero-order chi connectivity index (χ0) is 14.6. The van der Waals surface area contributed by atoms with E-state index in [1.54, 1.807) is 6.07 Å². The Balaban J connectivity index is 2.78. The van der Waals surface area contributed by atoms with Gasteiger partial charge in [-0.05, 0) is 19.9 Å². The van der Waals surface area contributed by atoms with Gasteiger partial charge in [0.05, 0.1) is 19.7 Å². The standard InChI is InChI=1S/C13H20F2N2O2/c1-9-6-11(10(2)16(9)3)12(19)7-17(4-5-18)8-13(14)15/h6,13,18H,4-5,7-8H2,1-3H3. The molecule has 1 aromatic rings. The second-order valence-electron chi connectivity index (χ2n) is 4.62. The molecule has 108 valence electrons. The van der Waals surface area contributed by atoms with E-state index in [-0.39, 0.29) is 25.5 Å². The van der Waals surface area contributed by atoms with Crippen LogP contribution in [0.15, 0.2) is 6.07 Å². The molecule has 0 aliphatic rings. The lowest BCUT2D eigenvalue weighted by molar-refractivity contribution is 0.0688. The first kappa shape index (κ1) is 15.8. The van der Waals surface area contributed by atoms with Gasteiger partial charge in [0, 0.05) is 30.5 Å². The Morgan fingerprint density at radius 3 is 2.53 bits per heavy atom. The zero-order valence-corrected chi connectivity index (χ0v) is 11.5. The molecule has 1 heterocycles. The van der Waals surface area contributed by atoms with E-state index in [1.165, 1.54) is 4.90 Å². The molecule has 0 aliphatic heterocycles. The number of aromatic nitrogens is 1. The molecule has 0 saturated carbocycles. The SMILES string of the molecule is Cc1cc(C(=O)CN(CCO)CC(F)F)c(C)n1C. The van der Waals surface area contributed by atoms with Crippen molar-refractivity contribution in [3.8, 4) is 0 Å². The number of aliphatic hydroxyl groups is 1. The van der Waals surface area contributed by atoms with E-state index in [4.69, 9.17) is 5.11 Å². The smallest absolute Gasteiger partial charge is 0.251 e. The molecular formula is C13H20F2N2O2. The number of Topliss-reactive ketones (excluding diaryl/α,β-unsaturated/α-hetero) is 1. The van der Waals surface area contributed by atoms with Crippen molar-refractivity contribution >= 4 is 5.78 Å². The molecule has 0 aromatic carbocycles. The number of hydrogen-bond acceptors (Lipinski definition) is 3. The van der Waals surface area contributed by atoms with Crippen LogP contribution in [0.5, 0.6) is 0 Å². The molecule has 0 aliphatic carbocycles. The molecule has 0 atom stereocenters. The van der Waals surface area contributed by atoms with Crippen LogP contribution in [-0.4, -0.2) is 53.0 Å². The van der Waals surface area contributed by atoms with Crippen LogP contribution in [0.25, 0.3) is 0 Å². The van der Waals surface area contributed by atoms with Crippen molar-refractivity contribution in [1.29, 1.82) is 0 Å². The average Bonchev–Trinajstić information content (AvgIpc) is 2.56. The molecule has 0 unspecified atom stereocenters. The fourth-order valence-electron chi connectivity index (χ4n) is 2.00. The quantitative estimate of drug-likeness (QED) is 0.764. The van der Waals surface area contributed by atoms with Gasteiger partial charge in [-0.2, -0.15) is 0 Å². The van der Waals surface area contributed by atoms with Crippen LogP contribution in [0.4, 0.5) is 8.78 Å². The Bertz CT molecular complexity index is 444. The summed E-state index contributed by atoms with van der Waals surface area (Å²) in [5, 5.41) is 8.83. The van der Waals surface area contributed by atoms with Gasteiger partial charge in [-0.1, -0.05) is 0 Å². The largest absolute Gasteiger partial charge is 0.395 e. The molecule has 0 amide bonds. The van der Waals surface area contributed by atoms with E-state index in [0.717, 1.165) is 11.4 Å². The van der Waals surface area contributed by atoms with Gasteiger partial charge >= 0.3 is 0 Å².